The van der Waals surface area contributed by atoms with Crippen molar-refractivity contribution in [2.75, 3.05) is 18.9 Å². The maximum Gasteiger partial charge on any atom is 0.215 e. The Bertz CT molecular complexity index is 460. The SMILES string of the molecule is Nc1ccccc1CS(=O)(=O)NCCCCCO. The van der Waals surface area contributed by atoms with Gasteiger partial charge in [-0.25, -0.2) is 13.1 Å². The van der Waals surface area contributed by atoms with Crippen LogP contribution >= 0.6 is 0 Å². The lowest BCUT2D eigenvalue weighted by molar-refractivity contribution is 0.283. The smallest absolute Gasteiger partial charge is 0.215 e. The molecule has 1 aromatic rings. The minimum Gasteiger partial charge on any atom is -0.398 e. The van der Waals surface area contributed by atoms with Crippen molar-refractivity contribution in [1.82, 2.24) is 4.72 Å². The summed E-state index contributed by atoms with van der Waals surface area (Å²) in [6, 6.07) is 6.93. The molecule has 0 radical (unpaired) electrons. The summed E-state index contributed by atoms with van der Waals surface area (Å²) in [4.78, 5) is 0. The lowest BCUT2D eigenvalue weighted by atomic mass is 10.2. The number of sulfonamides is 1. The summed E-state index contributed by atoms with van der Waals surface area (Å²) >= 11 is 0. The summed E-state index contributed by atoms with van der Waals surface area (Å²) in [5.74, 6) is -0.0975. The highest BCUT2D eigenvalue weighted by molar-refractivity contribution is 7.88. The number of benzene rings is 1. The van der Waals surface area contributed by atoms with Gasteiger partial charge in [-0.1, -0.05) is 18.2 Å². The number of rotatable bonds is 8. The van der Waals surface area contributed by atoms with Gasteiger partial charge in [-0.3, -0.25) is 0 Å². The van der Waals surface area contributed by atoms with Crippen molar-refractivity contribution in [3.63, 3.8) is 0 Å². The van der Waals surface area contributed by atoms with E-state index in [9.17, 15) is 8.42 Å². The van der Waals surface area contributed by atoms with E-state index in [0.717, 1.165) is 12.8 Å². The fourth-order valence-electron chi connectivity index (χ4n) is 1.56. The highest BCUT2D eigenvalue weighted by Gasteiger charge is 2.12. The van der Waals surface area contributed by atoms with Crippen molar-refractivity contribution in [2.45, 2.75) is 25.0 Å². The van der Waals surface area contributed by atoms with Crippen LogP contribution in [0.2, 0.25) is 0 Å². The van der Waals surface area contributed by atoms with Crippen LogP contribution < -0.4 is 10.5 Å². The van der Waals surface area contributed by atoms with Gasteiger partial charge in [0.1, 0.15) is 0 Å². The first-order chi connectivity index (χ1) is 8.55. The zero-order valence-electron chi connectivity index (χ0n) is 10.3. The van der Waals surface area contributed by atoms with Crippen molar-refractivity contribution in [1.29, 1.82) is 0 Å². The molecule has 0 heterocycles. The number of anilines is 1. The molecule has 0 spiro atoms. The molecule has 0 saturated heterocycles. The second-order valence-corrected chi connectivity index (χ2v) is 5.94. The number of unbranched alkanes of at least 4 members (excludes halogenated alkanes) is 2. The van der Waals surface area contributed by atoms with Crippen LogP contribution in [0.3, 0.4) is 0 Å². The summed E-state index contributed by atoms with van der Waals surface area (Å²) in [7, 11) is -3.34. The number of nitrogens with two attached hydrogens (primary N) is 1. The topological polar surface area (TPSA) is 92.4 Å². The van der Waals surface area contributed by atoms with Crippen LogP contribution in [-0.2, 0) is 15.8 Å². The van der Waals surface area contributed by atoms with Gasteiger partial charge in [0.2, 0.25) is 10.0 Å². The van der Waals surface area contributed by atoms with E-state index in [1.165, 1.54) is 0 Å². The van der Waals surface area contributed by atoms with Crippen molar-refractivity contribution in [3.8, 4) is 0 Å². The molecule has 0 aromatic heterocycles. The number of hydrogen-bond acceptors (Lipinski definition) is 4. The number of aliphatic hydroxyl groups is 1. The van der Waals surface area contributed by atoms with Gasteiger partial charge in [0.05, 0.1) is 5.75 Å². The Morgan fingerprint density at radius 2 is 1.89 bits per heavy atom. The average molecular weight is 272 g/mol. The first-order valence-electron chi connectivity index (χ1n) is 5.97. The Morgan fingerprint density at radius 1 is 1.17 bits per heavy atom. The van der Waals surface area contributed by atoms with Crippen LogP contribution in [-0.4, -0.2) is 26.7 Å². The lowest BCUT2D eigenvalue weighted by Gasteiger charge is -2.08. The molecule has 0 aliphatic carbocycles. The first-order valence-corrected chi connectivity index (χ1v) is 7.62. The van der Waals surface area contributed by atoms with Gasteiger partial charge < -0.3 is 10.8 Å². The minimum absolute atomic E-state index is 0.0975. The second kappa shape index (κ2) is 7.35. The Balaban J connectivity index is 2.43. The summed E-state index contributed by atoms with van der Waals surface area (Å²) in [5.41, 5.74) is 6.80. The van der Waals surface area contributed by atoms with E-state index < -0.39 is 10.0 Å². The molecule has 0 fully saturated rings. The summed E-state index contributed by atoms with van der Waals surface area (Å²) in [6.07, 6.45) is 2.24. The van der Waals surface area contributed by atoms with Crippen LogP contribution in [0.4, 0.5) is 5.69 Å². The summed E-state index contributed by atoms with van der Waals surface area (Å²) in [5, 5.41) is 8.60. The molecule has 6 heteroatoms. The predicted molar refractivity (Wildman–Crippen MR) is 72.4 cm³/mol. The van der Waals surface area contributed by atoms with E-state index in [1.807, 2.05) is 0 Å². The molecule has 0 aliphatic rings. The van der Waals surface area contributed by atoms with Crippen LogP contribution in [0.5, 0.6) is 0 Å². The largest absolute Gasteiger partial charge is 0.398 e. The summed E-state index contributed by atoms with van der Waals surface area (Å²) in [6.45, 7) is 0.544. The Kier molecular flexibility index (Phi) is 6.11. The Labute approximate surface area is 108 Å². The van der Waals surface area contributed by atoms with E-state index in [2.05, 4.69) is 4.72 Å². The number of para-hydroxylation sites is 1. The standard InChI is InChI=1S/C12H20N2O3S/c13-12-7-3-2-6-11(12)10-18(16,17)14-8-4-1-5-9-15/h2-3,6-7,14-15H,1,4-5,8-10,13H2. The van der Waals surface area contributed by atoms with E-state index in [4.69, 9.17) is 10.8 Å². The molecule has 1 aromatic carbocycles. The normalized spacial score (nSPS) is 11.6. The molecule has 18 heavy (non-hydrogen) atoms. The number of nitrogen functional groups attached to an aromatic ring is 1. The van der Waals surface area contributed by atoms with E-state index in [0.29, 0.717) is 24.2 Å². The monoisotopic (exact) mass is 272 g/mol. The van der Waals surface area contributed by atoms with Crippen molar-refractivity contribution in [3.05, 3.63) is 29.8 Å². The molecule has 0 atom stereocenters. The Hall–Kier alpha value is -1.11. The van der Waals surface area contributed by atoms with Gasteiger partial charge >= 0.3 is 0 Å². The van der Waals surface area contributed by atoms with Crippen molar-refractivity contribution < 1.29 is 13.5 Å². The zero-order chi connectivity index (χ0) is 13.4. The minimum atomic E-state index is -3.34. The molecule has 0 bridgehead atoms. The van der Waals surface area contributed by atoms with Crippen molar-refractivity contribution >= 4 is 15.7 Å². The summed E-state index contributed by atoms with van der Waals surface area (Å²) < 4.78 is 26.1. The van der Waals surface area contributed by atoms with Crippen molar-refractivity contribution in [2.24, 2.45) is 0 Å². The van der Waals surface area contributed by atoms with Crippen LogP contribution in [0.15, 0.2) is 24.3 Å². The number of nitrogens with one attached hydrogen (secondary N) is 1. The van der Waals surface area contributed by atoms with E-state index >= 15 is 0 Å². The van der Waals surface area contributed by atoms with Gasteiger partial charge in [0, 0.05) is 18.8 Å². The molecule has 102 valence electrons. The molecule has 0 unspecified atom stereocenters. The molecule has 0 aliphatic heterocycles. The van der Waals surface area contributed by atoms with Crippen LogP contribution in [0.25, 0.3) is 0 Å². The van der Waals surface area contributed by atoms with E-state index in [1.54, 1.807) is 24.3 Å². The average Bonchev–Trinajstić information content (AvgIpc) is 2.31. The first kappa shape index (κ1) is 14.9. The fourth-order valence-corrected chi connectivity index (χ4v) is 2.79. The molecule has 0 saturated carbocycles. The highest BCUT2D eigenvalue weighted by atomic mass is 32.2. The van der Waals surface area contributed by atoms with Gasteiger partial charge in [0.15, 0.2) is 0 Å². The predicted octanol–water partition coefficient (Wildman–Crippen LogP) is 0.851. The zero-order valence-corrected chi connectivity index (χ0v) is 11.1. The number of aliphatic hydroxyl groups excluding tert-OH is 1. The number of hydrogen-bond donors (Lipinski definition) is 3. The molecule has 1 rings (SSSR count). The molecule has 5 nitrogen and oxygen atoms in total. The quantitative estimate of drug-likeness (QED) is 0.483. The van der Waals surface area contributed by atoms with Crippen LogP contribution in [0.1, 0.15) is 24.8 Å². The molecular weight excluding hydrogens is 252 g/mol. The third kappa shape index (κ3) is 5.48. The maximum absolute atomic E-state index is 11.8. The van der Waals surface area contributed by atoms with E-state index in [-0.39, 0.29) is 12.4 Å². The van der Waals surface area contributed by atoms with Gasteiger partial charge in [-0.2, -0.15) is 0 Å². The van der Waals surface area contributed by atoms with Gasteiger partial charge in [-0.15, -0.1) is 0 Å². The Morgan fingerprint density at radius 3 is 2.56 bits per heavy atom. The van der Waals surface area contributed by atoms with Crippen LogP contribution in [0, 0.1) is 0 Å². The second-order valence-electron chi connectivity index (χ2n) is 4.14. The highest BCUT2D eigenvalue weighted by Crippen LogP contribution is 2.13. The third-order valence-corrected chi connectivity index (χ3v) is 3.89. The van der Waals surface area contributed by atoms with Gasteiger partial charge in [-0.05, 0) is 30.9 Å². The van der Waals surface area contributed by atoms with Gasteiger partial charge in [0.25, 0.3) is 0 Å². The lowest BCUT2D eigenvalue weighted by Crippen LogP contribution is -2.26. The fraction of sp³-hybridized carbons (Fsp3) is 0.500. The molecular formula is C12H20N2O3S. The maximum atomic E-state index is 11.8. The third-order valence-electron chi connectivity index (χ3n) is 2.56. The molecule has 4 N–H and O–H groups in total. The molecule has 0 amide bonds.